The monoisotopic (exact) mass is 344 g/mol. The van der Waals surface area contributed by atoms with E-state index in [1.165, 1.54) is 16.2 Å². The Morgan fingerprint density at radius 3 is 2.52 bits per heavy atom. The maximum atomic E-state index is 12.3. The molecule has 0 aliphatic heterocycles. The number of hydrogen-bond acceptors (Lipinski definition) is 5. The molecule has 0 bridgehead atoms. The van der Waals surface area contributed by atoms with Crippen LogP contribution in [0.25, 0.3) is 0 Å². The first-order chi connectivity index (χ1) is 9.92. The fourth-order valence-electron chi connectivity index (χ4n) is 1.85. The molecule has 0 unspecified atom stereocenters. The Morgan fingerprint density at radius 2 is 1.90 bits per heavy atom. The second kappa shape index (κ2) is 7.02. The van der Waals surface area contributed by atoms with Gasteiger partial charge >= 0.3 is 0 Å². The van der Waals surface area contributed by atoms with Crippen molar-refractivity contribution in [1.29, 1.82) is 0 Å². The SMILES string of the molecule is CCNCc1sc(S(=O)(=O)NCc2ccc(C)s2)cc1C. The predicted molar refractivity (Wildman–Crippen MR) is 89.5 cm³/mol. The van der Waals surface area contributed by atoms with E-state index in [-0.39, 0.29) is 0 Å². The molecule has 2 aromatic heterocycles. The van der Waals surface area contributed by atoms with Crippen LogP contribution < -0.4 is 10.0 Å². The molecule has 0 aliphatic carbocycles. The van der Waals surface area contributed by atoms with E-state index in [4.69, 9.17) is 0 Å². The van der Waals surface area contributed by atoms with E-state index in [9.17, 15) is 8.42 Å². The Labute approximate surface area is 134 Å². The highest BCUT2D eigenvalue weighted by Crippen LogP contribution is 2.26. The topological polar surface area (TPSA) is 58.2 Å². The summed E-state index contributed by atoms with van der Waals surface area (Å²) < 4.78 is 27.7. The van der Waals surface area contributed by atoms with Crippen molar-refractivity contribution in [2.45, 2.75) is 38.1 Å². The van der Waals surface area contributed by atoms with Crippen LogP contribution in [-0.2, 0) is 23.1 Å². The van der Waals surface area contributed by atoms with Crippen LogP contribution in [0.4, 0.5) is 0 Å². The minimum absolute atomic E-state index is 0.348. The quantitative estimate of drug-likeness (QED) is 0.812. The molecule has 21 heavy (non-hydrogen) atoms. The molecule has 0 spiro atoms. The molecule has 0 aromatic carbocycles. The predicted octanol–water partition coefficient (Wildman–Crippen LogP) is 3.01. The molecule has 7 heteroatoms. The summed E-state index contributed by atoms with van der Waals surface area (Å²) in [6.07, 6.45) is 0. The van der Waals surface area contributed by atoms with Crippen molar-refractivity contribution in [1.82, 2.24) is 10.0 Å². The van der Waals surface area contributed by atoms with E-state index in [1.807, 2.05) is 32.9 Å². The van der Waals surface area contributed by atoms with E-state index < -0.39 is 10.0 Å². The van der Waals surface area contributed by atoms with Crippen molar-refractivity contribution in [2.75, 3.05) is 6.54 Å². The third kappa shape index (κ3) is 4.37. The maximum Gasteiger partial charge on any atom is 0.250 e. The largest absolute Gasteiger partial charge is 0.312 e. The van der Waals surface area contributed by atoms with Crippen LogP contribution in [0.5, 0.6) is 0 Å². The first kappa shape index (κ1) is 16.6. The zero-order chi connectivity index (χ0) is 15.5. The molecule has 0 fully saturated rings. The molecule has 2 N–H and O–H groups in total. The van der Waals surface area contributed by atoms with Crippen LogP contribution in [0.3, 0.4) is 0 Å². The van der Waals surface area contributed by atoms with Gasteiger partial charge in [0.05, 0.1) is 0 Å². The van der Waals surface area contributed by atoms with Crippen molar-refractivity contribution in [3.8, 4) is 0 Å². The number of sulfonamides is 1. The summed E-state index contributed by atoms with van der Waals surface area (Å²) in [6.45, 7) is 7.93. The molecule has 0 saturated heterocycles. The summed E-state index contributed by atoms with van der Waals surface area (Å²) in [5, 5.41) is 3.23. The Morgan fingerprint density at radius 1 is 1.14 bits per heavy atom. The average Bonchev–Trinajstić information content (AvgIpc) is 3.01. The fraction of sp³-hybridized carbons (Fsp3) is 0.429. The summed E-state index contributed by atoms with van der Waals surface area (Å²) in [7, 11) is -3.43. The molecule has 0 atom stereocenters. The van der Waals surface area contributed by atoms with Gasteiger partial charge in [-0.1, -0.05) is 6.92 Å². The van der Waals surface area contributed by atoms with Gasteiger partial charge in [-0.05, 0) is 44.2 Å². The molecule has 2 heterocycles. The second-order valence-electron chi connectivity index (χ2n) is 4.79. The summed E-state index contributed by atoms with van der Waals surface area (Å²) in [5.41, 5.74) is 1.02. The smallest absolute Gasteiger partial charge is 0.250 e. The number of aryl methyl sites for hydroxylation is 2. The molecular weight excluding hydrogens is 324 g/mol. The van der Waals surface area contributed by atoms with Gasteiger partial charge in [0.2, 0.25) is 10.0 Å². The lowest BCUT2D eigenvalue weighted by molar-refractivity contribution is 0.584. The fourth-order valence-corrected chi connectivity index (χ4v) is 5.38. The van der Waals surface area contributed by atoms with Gasteiger partial charge in [0.15, 0.2) is 0 Å². The van der Waals surface area contributed by atoms with E-state index in [0.717, 1.165) is 21.9 Å². The molecular formula is C14H20N2O2S3. The lowest BCUT2D eigenvalue weighted by atomic mass is 10.3. The van der Waals surface area contributed by atoms with E-state index in [0.29, 0.717) is 17.3 Å². The molecule has 2 aromatic rings. The summed E-state index contributed by atoms with van der Waals surface area (Å²) in [4.78, 5) is 3.28. The van der Waals surface area contributed by atoms with Crippen molar-refractivity contribution in [2.24, 2.45) is 0 Å². The van der Waals surface area contributed by atoms with Crippen molar-refractivity contribution < 1.29 is 8.42 Å². The van der Waals surface area contributed by atoms with Gasteiger partial charge in [0.1, 0.15) is 4.21 Å². The van der Waals surface area contributed by atoms with Crippen LogP contribution >= 0.6 is 22.7 Å². The lowest BCUT2D eigenvalue weighted by Crippen LogP contribution is -2.21. The number of thiophene rings is 2. The molecule has 0 saturated carbocycles. The first-order valence-corrected chi connectivity index (χ1v) is 9.89. The minimum atomic E-state index is -3.43. The van der Waals surface area contributed by atoms with E-state index >= 15 is 0 Å². The van der Waals surface area contributed by atoms with Crippen LogP contribution in [0.1, 0.15) is 27.1 Å². The molecule has 0 aliphatic rings. The zero-order valence-corrected chi connectivity index (χ0v) is 14.8. The van der Waals surface area contributed by atoms with E-state index in [2.05, 4.69) is 10.0 Å². The first-order valence-electron chi connectivity index (χ1n) is 6.77. The Balaban J connectivity index is 2.08. The standard InChI is InChI=1S/C14H20N2O2S3/c1-4-15-9-13-10(2)7-14(20-13)21(17,18)16-8-12-6-5-11(3)19-12/h5-7,15-16H,4,8-9H2,1-3H3. The van der Waals surface area contributed by atoms with Gasteiger partial charge in [0.25, 0.3) is 0 Å². The lowest BCUT2D eigenvalue weighted by Gasteiger charge is -2.03. The van der Waals surface area contributed by atoms with Crippen LogP contribution in [-0.4, -0.2) is 15.0 Å². The van der Waals surface area contributed by atoms with Gasteiger partial charge < -0.3 is 5.32 Å². The highest BCUT2D eigenvalue weighted by Gasteiger charge is 2.18. The molecule has 2 rings (SSSR count). The zero-order valence-electron chi connectivity index (χ0n) is 12.4. The van der Waals surface area contributed by atoms with Gasteiger partial charge in [-0.2, -0.15) is 0 Å². The third-order valence-corrected chi connectivity index (χ3v) is 7.14. The van der Waals surface area contributed by atoms with Crippen LogP contribution in [0.15, 0.2) is 22.4 Å². The maximum absolute atomic E-state index is 12.3. The van der Waals surface area contributed by atoms with Crippen LogP contribution in [0, 0.1) is 13.8 Å². The molecule has 4 nitrogen and oxygen atoms in total. The Bertz CT molecular complexity index is 702. The number of nitrogens with one attached hydrogen (secondary N) is 2. The second-order valence-corrected chi connectivity index (χ2v) is 9.29. The normalized spacial score (nSPS) is 12.0. The molecule has 0 amide bonds. The molecule has 0 radical (unpaired) electrons. The highest BCUT2D eigenvalue weighted by atomic mass is 32.2. The number of rotatable bonds is 7. The number of hydrogen-bond donors (Lipinski definition) is 2. The van der Waals surface area contributed by atoms with Crippen molar-refractivity contribution in [3.05, 3.63) is 38.4 Å². The Hall–Kier alpha value is -0.730. The molecule has 116 valence electrons. The van der Waals surface area contributed by atoms with Gasteiger partial charge in [-0.25, -0.2) is 13.1 Å². The van der Waals surface area contributed by atoms with Gasteiger partial charge in [0, 0.05) is 27.7 Å². The summed E-state index contributed by atoms with van der Waals surface area (Å²) >= 11 is 2.95. The summed E-state index contributed by atoms with van der Waals surface area (Å²) in [5.74, 6) is 0. The van der Waals surface area contributed by atoms with Crippen molar-refractivity contribution in [3.63, 3.8) is 0 Å². The van der Waals surface area contributed by atoms with Crippen LogP contribution in [0.2, 0.25) is 0 Å². The van der Waals surface area contributed by atoms with E-state index in [1.54, 1.807) is 17.4 Å². The minimum Gasteiger partial charge on any atom is -0.312 e. The third-order valence-electron chi connectivity index (χ3n) is 3.03. The van der Waals surface area contributed by atoms with Gasteiger partial charge in [-0.15, -0.1) is 22.7 Å². The average molecular weight is 345 g/mol. The Kier molecular flexibility index (Phi) is 5.56. The van der Waals surface area contributed by atoms with Crippen molar-refractivity contribution >= 4 is 32.7 Å². The highest BCUT2D eigenvalue weighted by molar-refractivity contribution is 7.91. The van der Waals surface area contributed by atoms with Gasteiger partial charge in [-0.3, -0.25) is 0 Å². The summed E-state index contributed by atoms with van der Waals surface area (Å²) in [6, 6.07) is 5.70.